The molecule has 5 amide bonds. The topological polar surface area (TPSA) is 320 Å². The van der Waals surface area contributed by atoms with Crippen LogP contribution in [-0.2, 0) is 0 Å². The van der Waals surface area contributed by atoms with Gasteiger partial charge < -0.3 is 57.6 Å². The Bertz CT molecular complexity index is 7080. The number of furan rings is 1. The number of amides is 5. The fourth-order valence-corrected chi connectivity index (χ4v) is 18.0. The first-order chi connectivity index (χ1) is 62.2. The normalized spacial score (nSPS) is 10.6. The number of aryl methyl sites for hydroxylation is 2. The number of benzene rings is 12. The van der Waals surface area contributed by atoms with Crippen molar-refractivity contribution >= 4 is 231 Å². The molecular weight excluding hydrogens is 1700 g/mol. The minimum absolute atomic E-state index is 0.108. The number of aromatic nitrogens is 6. The third kappa shape index (κ3) is 22.3. The number of pyridine rings is 1. The van der Waals surface area contributed by atoms with Crippen molar-refractivity contribution < 1.29 is 28.4 Å². The fourth-order valence-electron chi connectivity index (χ4n) is 12.8. The Kier molecular flexibility index (Phi) is 27.2. The molecule has 8 aromatic heterocycles. The number of thiazole rings is 5. The standard InChI is InChI=1S/C22H19N3OS.C21H14N4OS.C19H14N4OS.C18H13N3O2S.C18H13N3OS2/c1-14-11-15(2)13-16(12-14)21(26)24-18-9-6-10-19-20(18)25-22(27-19)23-17-7-4-3-5-8-17;22-13-14-6-4-7-15(12-14)20(26)24-17-10-5-11-18-19(17)25-21(27-18)23-16-8-2-1-3-9-16;24-18(13-6-5-11-20-12-13)22-15-9-4-10-16-17(15)23-19(25-16)21-14-7-2-1-3-8-14;22-17(14-9-5-11-23-14)20-13-8-4-10-15-16(13)21-18(24-15)19-12-6-2-1-3-7-12;22-17(15-10-5-11-23-15)20-13-8-4-9-14-16(13)21-18(24-14)19-12-6-2-1-3-7-12/h3-13H,1-2H3,(H,23,25)(H,24,26);1-12H,(H,23,25)(H,24,26);1-12H,(H,21,23)(H,22,24);2*1-11H,(H,19,21)(H,20,22). The predicted molar refractivity (Wildman–Crippen MR) is 521 cm³/mol. The van der Waals surface area contributed by atoms with Crippen molar-refractivity contribution in [2.24, 2.45) is 0 Å². The maximum absolute atomic E-state index is 12.7. The Morgan fingerprint density at radius 2 is 0.654 bits per heavy atom. The van der Waals surface area contributed by atoms with Gasteiger partial charge in [0.25, 0.3) is 29.5 Å². The monoisotopic (exact) mass is 1780 g/mol. The molecule has 8 heterocycles. The Balaban J connectivity index is 0.000000117. The molecule has 622 valence electrons. The molecule has 127 heavy (non-hydrogen) atoms. The van der Waals surface area contributed by atoms with Gasteiger partial charge in [-0.05, 0) is 201 Å². The van der Waals surface area contributed by atoms with E-state index in [2.05, 4.69) is 89.1 Å². The number of para-hydroxylation sites is 10. The van der Waals surface area contributed by atoms with E-state index in [4.69, 9.17) is 9.68 Å². The summed E-state index contributed by atoms with van der Waals surface area (Å²) in [5, 5.41) is 45.9. The van der Waals surface area contributed by atoms with E-state index in [-0.39, 0.29) is 35.3 Å². The van der Waals surface area contributed by atoms with E-state index in [0.717, 1.165) is 122 Å². The number of rotatable bonds is 20. The molecule has 0 saturated carbocycles. The summed E-state index contributed by atoms with van der Waals surface area (Å²) in [6.07, 6.45) is 4.65. The molecule has 0 atom stereocenters. The summed E-state index contributed by atoms with van der Waals surface area (Å²) in [7, 11) is 0. The molecule has 20 aromatic rings. The number of fused-ring (bicyclic) bond motifs is 5. The Hall–Kier alpha value is -15.9. The lowest BCUT2D eigenvalue weighted by Crippen LogP contribution is -2.12. The number of thiophene rings is 1. The van der Waals surface area contributed by atoms with E-state index in [1.54, 1.807) is 94.9 Å². The van der Waals surface area contributed by atoms with Gasteiger partial charge in [-0.25, -0.2) is 24.9 Å². The largest absolute Gasteiger partial charge is 0.459 e. The minimum atomic E-state index is -0.293. The zero-order valence-corrected chi connectivity index (χ0v) is 72.3. The molecule has 12 aromatic carbocycles. The van der Waals surface area contributed by atoms with Crippen LogP contribution in [0.25, 0.3) is 51.1 Å². The van der Waals surface area contributed by atoms with E-state index in [9.17, 15) is 24.0 Å². The molecule has 29 heteroatoms. The maximum Gasteiger partial charge on any atom is 0.291 e. The molecule has 0 unspecified atom stereocenters. The molecule has 0 spiro atoms. The van der Waals surface area contributed by atoms with Gasteiger partial charge in [-0.15, -0.1) is 11.3 Å². The summed E-state index contributed by atoms with van der Waals surface area (Å²) in [5.74, 6) is -0.734. The number of hydrogen-bond donors (Lipinski definition) is 10. The van der Waals surface area contributed by atoms with Gasteiger partial charge in [0.15, 0.2) is 31.4 Å². The molecule has 0 saturated heterocycles. The zero-order valence-electron chi connectivity index (χ0n) is 67.4. The second kappa shape index (κ2) is 40.8. The quantitative estimate of drug-likeness (QED) is 0.0339. The van der Waals surface area contributed by atoms with Gasteiger partial charge in [0.2, 0.25) is 0 Å². The first-order valence-electron chi connectivity index (χ1n) is 39.4. The van der Waals surface area contributed by atoms with Gasteiger partial charge in [0, 0.05) is 52.0 Å². The van der Waals surface area contributed by atoms with Crippen molar-refractivity contribution in [2.45, 2.75) is 13.8 Å². The number of nitriles is 1. The molecule has 0 aliphatic carbocycles. The number of carbonyl (C=O) groups excluding carboxylic acids is 5. The van der Waals surface area contributed by atoms with Crippen LogP contribution in [0.4, 0.5) is 82.5 Å². The Morgan fingerprint density at radius 3 is 0.984 bits per heavy atom. The first-order valence-corrected chi connectivity index (χ1v) is 44.4. The van der Waals surface area contributed by atoms with Crippen LogP contribution in [0.15, 0.2) is 350 Å². The van der Waals surface area contributed by atoms with Crippen LogP contribution in [0.2, 0.25) is 0 Å². The van der Waals surface area contributed by atoms with Gasteiger partial charge in [-0.2, -0.15) is 5.26 Å². The molecule has 0 bridgehead atoms. The van der Waals surface area contributed by atoms with Gasteiger partial charge in [-0.3, -0.25) is 29.0 Å². The molecule has 0 aliphatic heterocycles. The highest BCUT2D eigenvalue weighted by molar-refractivity contribution is 7.24. The molecule has 0 radical (unpaired) electrons. The summed E-state index contributed by atoms with van der Waals surface area (Å²) in [6, 6.07) is 103. The van der Waals surface area contributed by atoms with Crippen molar-refractivity contribution in [3.05, 3.63) is 390 Å². The fraction of sp³-hybridized carbons (Fsp3) is 0.0204. The summed E-state index contributed by atoms with van der Waals surface area (Å²) < 4.78 is 10.1. The van der Waals surface area contributed by atoms with Crippen molar-refractivity contribution in [2.75, 3.05) is 53.2 Å². The van der Waals surface area contributed by atoms with Crippen LogP contribution < -0.4 is 53.2 Å². The van der Waals surface area contributed by atoms with Crippen LogP contribution >= 0.6 is 68.0 Å². The smallest absolute Gasteiger partial charge is 0.291 e. The minimum Gasteiger partial charge on any atom is -0.459 e. The van der Waals surface area contributed by atoms with Crippen LogP contribution in [0.5, 0.6) is 0 Å². The van der Waals surface area contributed by atoms with Gasteiger partial charge in [0.05, 0.1) is 80.3 Å². The van der Waals surface area contributed by atoms with Crippen LogP contribution in [0, 0.1) is 25.2 Å². The Morgan fingerprint density at radius 1 is 0.315 bits per heavy atom. The lowest BCUT2D eigenvalue weighted by atomic mass is 10.1. The number of nitrogens with zero attached hydrogens (tertiary/aromatic N) is 7. The number of hydrogen-bond acceptors (Lipinski definition) is 24. The summed E-state index contributed by atoms with van der Waals surface area (Å²) >= 11 is 9.14. The van der Waals surface area contributed by atoms with E-state index in [0.29, 0.717) is 49.9 Å². The second-order valence-electron chi connectivity index (χ2n) is 27.8. The van der Waals surface area contributed by atoms with E-state index < -0.39 is 0 Å². The number of carbonyl (C=O) groups is 5. The van der Waals surface area contributed by atoms with Crippen molar-refractivity contribution in [1.82, 2.24) is 29.9 Å². The van der Waals surface area contributed by atoms with Crippen molar-refractivity contribution in [3.63, 3.8) is 0 Å². The summed E-state index contributed by atoms with van der Waals surface area (Å²) in [4.78, 5) is 89.9. The third-order valence-corrected chi connectivity index (χ3v) is 24.2. The average Bonchev–Trinajstić information content (AvgIpc) is 1.74. The SMILES string of the molecule is Cc1cc(C)cc(C(=O)Nc2cccc3sc(Nc4ccccc4)nc23)c1.N#Cc1cccc(C(=O)Nc2cccc3sc(Nc4ccccc4)nc23)c1.O=C(Nc1cccc2sc(Nc3ccccc3)nc12)c1cccnc1.O=C(Nc1cccc2sc(Nc3ccccc3)nc12)c1ccco1.O=C(Nc1cccc2sc(Nc3ccccc3)nc12)c1cccs1. The van der Waals surface area contributed by atoms with Gasteiger partial charge in [0.1, 0.15) is 27.6 Å². The third-order valence-electron chi connectivity index (χ3n) is 18.6. The summed E-state index contributed by atoms with van der Waals surface area (Å²) in [6.45, 7) is 3.99. The maximum atomic E-state index is 12.7. The van der Waals surface area contributed by atoms with E-state index >= 15 is 0 Å². The van der Waals surface area contributed by atoms with Crippen LogP contribution in [0.3, 0.4) is 0 Å². The Labute approximate surface area is 751 Å². The molecular formula is C98H73N17O6S6. The lowest BCUT2D eigenvalue weighted by Gasteiger charge is -2.07. The number of nitrogens with one attached hydrogen (secondary N) is 10. The van der Waals surface area contributed by atoms with Crippen LogP contribution in [-0.4, -0.2) is 59.4 Å². The highest BCUT2D eigenvalue weighted by Gasteiger charge is 2.20. The first kappa shape index (κ1) is 84.7. The summed E-state index contributed by atoms with van der Waals surface area (Å²) in [5.41, 5.74) is 16.3. The molecule has 0 fully saturated rings. The van der Waals surface area contributed by atoms with Gasteiger partial charge >= 0.3 is 0 Å². The number of anilines is 15. The molecule has 20 rings (SSSR count). The molecule has 10 N–H and O–H groups in total. The predicted octanol–water partition coefficient (Wildman–Crippen LogP) is 26.0. The van der Waals surface area contributed by atoms with E-state index in [1.165, 1.54) is 40.3 Å². The highest BCUT2D eigenvalue weighted by atomic mass is 32.1. The molecule has 0 aliphatic rings. The van der Waals surface area contributed by atoms with Crippen molar-refractivity contribution in [3.8, 4) is 6.07 Å². The zero-order chi connectivity index (χ0) is 87.2. The van der Waals surface area contributed by atoms with Crippen LogP contribution in [0.1, 0.15) is 68.0 Å². The lowest BCUT2D eigenvalue weighted by molar-refractivity contribution is 0.0992. The van der Waals surface area contributed by atoms with Crippen molar-refractivity contribution in [1.29, 1.82) is 5.26 Å². The second-order valence-corrected chi connectivity index (χ2v) is 33.9. The highest BCUT2D eigenvalue weighted by Crippen LogP contribution is 2.39. The van der Waals surface area contributed by atoms with Gasteiger partial charge in [-0.1, -0.05) is 207 Å². The van der Waals surface area contributed by atoms with E-state index in [1.807, 2.05) is 292 Å². The molecule has 23 nitrogen and oxygen atoms in total. The average molecular weight is 1780 g/mol.